The van der Waals surface area contributed by atoms with E-state index in [2.05, 4.69) is 51.9 Å². The lowest BCUT2D eigenvalue weighted by Gasteiger charge is -2.38. The maximum atomic E-state index is 5.47. The summed E-state index contributed by atoms with van der Waals surface area (Å²) in [5.41, 5.74) is 2.03. The smallest absolute Gasteiger partial charge is 0.259 e. The van der Waals surface area contributed by atoms with E-state index in [4.69, 9.17) is 4.52 Å². The number of hydrogen-bond donors (Lipinski definition) is 1. The Bertz CT molecular complexity index is 584. The van der Waals surface area contributed by atoms with Crippen molar-refractivity contribution in [2.24, 2.45) is 0 Å². The highest BCUT2D eigenvalue weighted by molar-refractivity contribution is 7.08. The molecule has 0 radical (unpaired) electrons. The fourth-order valence-corrected chi connectivity index (χ4v) is 3.35. The average Bonchev–Trinajstić information content (AvgIpc) is 3.08. The molecule has 0 aliphatic carbocycles. The first-order valence-corrected chi connectivity index (χ1v) is 7.86. The van der Waals surface area contributed by atoms with Crippen LogP contribution >= 0.6 is 11.3 Å². The van der Waals surface area contributed by atoms with Crippen molar-refractivity contribution in [1.29, 1.82) is 0 Å². The minimum atomic E-state index is -0.201. The van der Waals surface area contributed by atoms with E-state index in [1.165, 1.54) is 5.56 Å². The molecule has 0 bridgehead atoms. The van der Waals surface area contributed by atoms with Crippen molar-refractivity contribution in [3.05, 3.63) is 22.1 Å². The van der Waals surface area contributed by atoms with Crippen LogP contribution < -0.4 is 5.32 Å². The second-order valence-corrected chi connectivity index (χ2v) is 6.43. The zero-order chi connectivity index (χ0) is 14.2. The summed E-state index contributed by atoms with van der Waals surface area (Å²) in [6, 6.07) is 0. The van der Waals surface area contributed by atoms with Crippen molar-refractivity contribution in [3.63, 3.8) is 0 Å². The number of hydrogen-bond acceptors (Lipinski definition) is 6. The predicted molar refractivity (Wildman–Crippen MR) is 79.8 cm³/mol. The summed E-state index contributed by atoms with van der Waals surface area (Å²) in [5, 5.41) is 11.7. The number of rotatable bonds is 3. The van der Waals surface area contributed by atoms with E-state index in [1.807, 2.05) is 0 Å². The summed E-state index contributed by atoms with van der Waals surface area (Å²) in [5.74, 6) is 1.39. The molecular weight excluding hydrogens is 272 g/mol. The molecule has 0 spiro atoms. The van der Waals surface area contributed by atoms with Crippen LogP contribution in [0, 0.1) is 6.92 Å². The second-order valence-electron chi connectivity index (χ2n) is 5.69. The van der Waals surface area contributed by atoms with Gasteiger partial charge in [-0.05, 0) is 31.7 Å². The van der Waals surface area contributed by atoms with Crippen LogP contribution in [0.2, 0.25) is 0 Å². The minimum Gasteiger partial charge on any atom is -0.334 e. The van der Waals surface area contributed by atoms with Crippen LogP contribution in [0.5, 0.6) is 0 Å². The van der Waals surface area contributed by atoms with E-state index in [0.29, 0.717) is 5.89 Å². The Hall–Kier alpha value is -1.24. The first-order valence-electron chi connectivity index (χ1n) is 6.92. The van der Waals surface area contributed by atoms with Crippen LogP contribution in [0.3, 0.4) is 0 Å². The summed E-state index contributed by atoms with van der Waals surface area (Å²) >= 11 is 1.66. The Morgan fingerprint density at radius 1 is 1.30 bits per heavy atom. The normalized spacial score (nSPS) is 17.6. The van der Waals surface area contributed by atoms with Gasteiger partial charge in [-0.3, -0.25) is 4.90 Å². The largest absolute Gasteiger partial charge is 0.334 e. The van der Waals surface area contributed by atoms with Gasteiger partial charge in [0.1, 0.15) is 0 Å². The fourth-order valence-electron chi connectivity index (χ4n) is 2.53. The predicted octanol–water partition coefficient (Wildman–Crippen LogP) is 2.25. The topological polar surface area (TPSA) is 54.2 Å². The van der Waals surface area contributed by atoms with Crippen molar-refractivity contribution in [2.45, 2.75) is 26.3 Å². The van der Waals surface area contributed by atoms with E-state index >= 15 is 0 Å². The molecule has 1 fully saturated rings. The highest BCUT2D eigenvalue weighted by Crippen LogP contribution is 2.30. The average molecular weight is 292 g/mol. The number of aryl methyl sites for hydroxylation is 1. The van der Waals surface area contributed by atoms with Crippen LogP contribution in [-0.2, 0) is 5.54 Å². The van der Waals surface area contributed by atoms with Crippen molar-refractivity contribution in [1.82, 2.24) is 20.4 Å². The first kappa shape index (κ1) is 13.7. The van der Waals surface area contributed by atoms with Crippen molar-refractivity contribution in [2.75, 3.05) is 26.2 Å². The molecule has 3 heterocycles. The third-order valence-corrected chi connectivity index (χ3v) is 4.83. The van der Waals surface area contributed by atoms with E-state index < -0.39 is 0 Å². The van der Waals surface area contributed by atoms with Gasteiger partial charge in [-0.2, -0.15) is 16.3 Å². The molecule has 0 aromatic carbocycles. The molecule has 6 heteroatoms. The summed E-state index contributed by atoms with van der Waals surface area (Å²) in [7, 11) is 0. The maximum absolute atomic E-state index is 5.47. The van der Waals surface area contributed by atoms with Gasteiger partial charge in [0, 0.05) is 31.6 Å². The molecule has 3 rings (SSSR count). The third-order valence-electron chi connectivity index (χ3n) is 3.97. The zero-order valence-electron chi connectivity index (χ0n) is 12.1. The van der Waals surface area contributed by atoms with Gasteiger partial charge in [-0.25, -0.2) is 0 Å². The fraction of sp³-hybridized carbons (Fsp3) is 0.571. The summed E-state index contributed by atoms with van der Waals surface area (Å²) in [6.45, 7) is 10.4. The number of aromatic nitrogens is 2. The van der Waals surface area contributed by atoms with Crippen molar-refractivity contribution in [3.8, 4) is 11.5 Å². The van der Waals surface area contributed by atoms with Crippen LogP contribution in [0.4, 0.5) is 0 Å². The van der Waals surface area contributed by atoms with Crippen LogP contribution in [0.1, 0.15) is 25.2 Å². The Labute approximate surface area is 123 Å². The quantitative estimate of drug-likeness (QED) is 0.940. The molecule has 2 aromatic heterocycles. The molecular formula is C14H20N4OS. The van der Waals surface area contributed by atoms with E-state index in [-0.39, 0.29) is 5.54 Å². The minimum absolute atomic E-state index is 0.201. The first-order chi connectivity index (χ1) is 9.59. The van der Waals surface area contributed by atoms with Crippen LogP contribution in [0.25, 0.3) is 11.5 Å². The van der Waals surface area contributed by atoms with Gasteiger partial charge < -0.3 is 9.84 Å². The van der Waals surface area contributed by atoms with E-state index in [1.54, 1.807) is 11.3 Å². The van der Waals surface area contributed by atoms with Gasteiger partial charge in [0.25, 0.3) is 5.89 Å². The SMILES string of the molecule is Cc1cscc1-c1nc(C(C)(C)N2CCNCC2)no1. The lowest BCUT2D eigenvalue weighted by atomic mass is 10.0. The Morgan fingerprint density at radius 2 is 2.05 bits per heavy atom. The summed E-state index contributed by atoms with van der Waals surface area (Å²) < 4.78 is 5.47. The summed E-state index contributed by atoms with van der Waals surface area (Å²) in [6.07, 6.45) is 0. The van der Waals surface area contributed by atoms with Crippen molar-refractivity contribution >= 4 is 11.3 Å². The van der Waals surface area contributed by atoms with Crippen LogP contribution in [0.15, 0.2) is 15.3 Å². The van der Waals surface area contributed by atoms with Crippen molar-refractivity contribution < 1.29 is 4.52 Å². The molecule has 0 atom stereocenters. The molecule has 1 N–H and O–H groups in total. The van der Waals surface area contributed by atoms with Gasteiger partial charge >= 0.3 is 0 Å². The molecule has 0 amide bonds. The molecule has 0 unspecified atom stereocenters. The van der Waals surface area contributed by atoms with Crippen LogP contribution in [-0.4, -0.2) is 41.2 Å². The monoisotopic (exact) mass is 292 g/mol. The molecule has 2 aromatic rings. The van der Waals surface area contributed by atoms with E-state index in [0.717, 1.165) is 37.6 Å². The molecule has 1 aliphatic heterocycles. The van der Waals surface area contributed by atoms with Gasteiger partial charge in [0.05, 0.1) is 11.1 Å². The third kappa shape index (κ3) is 2.39. The Kier molecular flexibility index (Phi) is 3.62. The molecule has 1 aliphatic rings. The van der Waals surface area contributed by atoms with Gasteiger partial charge in [0.15, 0.2) is 5.82 Å². The number of piperazine rings is 1. The lowest BCUT2D eigenvalue weighted by molar-refractivity contribution is 0.0925. The Balaban J connectivity index is 1.87. The number of thiophene rings is 1. The molecule has 1 saturated heterocycles. The molecule has 108 valence electrons. The molecule has 20 heavy (non-hydrogen) atoms. The Morgan fingerprint density at radius 3 is 2.70 bits per heavy atom. The highest BCUT2D eigenvalue weighted by atomic mass is 32.1. The van der Waals surface area contributed by atoms with Gasteiger partial charge in [0.2, 0.25) is 0 Å². The van der Waals surface area contributed by atoms with E-state index in [9.17, 15) is 0 Å². The second kappa shape index (κ2) is 5.27. The standard InChI is InChI=1S/C14H20N4OS/c1-10-8-20-9-11(10)12-16-13(17-19-12)14(2,3)18-6-4-15-5-7-18/h8-9,15H,4-7H2,1-3H3. The highest BCUT2D eigenvalue weighted by Gasteiger charge is 2.34. The molecule has 5 nitrogen and oxygen atoms in total. The molecule has 0 saturated carbocycles. The maximum Gasteiger partial charge on any atom is 0.259 e. The van der Waals surface area contributed by atoms with Gasteiger partial charge in [-0.15, -0.1) is 0 Å². The lowest BCUT2D eigenvalue weighted by Crippen LogP contribution is -2.52. The van der Waals surface area contributed by atoms with Gasteiger partial charge in [-0.1, -0.05) is 5.16 Å². The number of nitrogens with zero attached hydrogens (tertiary/aromatic N) is 3. The zero-order valence-corrected chi connectivity index (χ0v) is 13.0. The summed E-state index contributed by atoms with van der Waals surface area (Å²) in [4.78, 5) is 7.03. The number of nitrogens with one attached hydrogen (secondary N) is 1.